The number of nitrogens with one attached hydrogen (secondary N) is 3. The highest BCUT2D eigenvalue weighted by molar-refractivity contribution is 14.0. The molecule has 8 nitrogen and oxygen atoms in total. The Hall–Kier alpha value is -1.72. The molecule has 1 aliphatic heterocycles. The lowest BCUT2D eigenvalue weighted by atomic mass is 10.1. The molecule has 166 valence electrons. The fourth-order valence-corrected chi connectivity index (χ4v) is 3.47. The van der Waals surface area contributed by atoms with Gasteiger partial charge in [0, 0.05) is 38.3 Å². The molecule has 30 heavy (non-hydrogen) atoms. The van der Waals surface area contributed by atoms with Gasteiger partial charge in [-0.1, -0.05) is 32.0 Å². The van der Waals surface area contributed by atoms with Gasteiger partial charge in [-0.25, -0.2) is 9.98 Å². The van der Waals surface area contributed by atoms with E-state index >= 15 is 0 Å². The SMILES string of the molecule is CCNC(=NCc1cccc(-c2ncn[nH]2)c1)NCC1CN(CC(C)C)CCO1.I. The zero-order valence-electron chi connectivity index (χ0n) is 18.1. The molecule has 0 bridgehead atoms. The molecule has 1 aromatic carbocycles. The van der Waals surface area contributed by atoms with E-state index in [9.17, 15) is 0 Å². The minimum absolute atomic E-state index is 0. The van der Waals surface area contributed by atoms with E-state index in [0.29, 0.717) is 12.5 Å². The molecule has 2 aromatic rings. The minimum Gasteiger partial charge on any atom is -0.374 e. The van der Waals surface area contributed by atoms with E-state index in [-0.39, 0.29) is 30.1 Å². The first-order valence-electron chi connectivity index (χ1n) is 10.4. The van der Waals surface area contributed by atoms with Gasteiger partial charge in [-0.3, -0.25) is 10.00 Å². The number of rotatable bonds is 8. The summed E-state index contributed by atoms with van der Waals surface area (Å²) in [6, 6.07) is 8.19. The van der Waals surface area contributed by atoms with Crippen molar-refractivity contribution in [1.29, 1.82) is 0 Å². The number of aromatic amines is 1. The van der Waals surface area contributed by atoms with Gasteiger partial charge in [0.15, 0.2) is 11.8 Å². The number of ether oxygens (including phenoxy) is 1. The summed E-state index contributed by atoms with van der Waals surface area (Å²) in [5, 5.41) is 13.6. The van der Waals surface area contributed by atoms with Gasteiger partial charge in [0.2, 0.25) is 0 Å². The van der Waals surface area contributed by atoms with E-state index in [2.05, 4.69) is 63.6 Å². The predicted octanol–water partition coefficient (Wildman–Crippen LogP) is 2.50. The number of hydrogen-bond acceptors (Lipinski definition) is 5. The van der Waals surface area contributed by atoms with E-state index in [0.717, 1.165) is 62.2 Å². The van der Waals surface area contributed by atoms with Crippen molar-refractivity contribution in [2.75, 3.05) is 39.3 Å². The second-order valence-corrected chi connectivity index (χ2v) is 7.76. The quantitative estimate of drug-likeness (QED) is 0.278. The van der Waals surface area contributed by atoms with Gasteiger partial charge in [0.1, 0.15) is 6.33 Å². The first kappa shape index (κ1) is 24.5. The molecule has 9 heteroatoms. The first-order chi connectivity index (χ1) is 14.1. The molecule has 1 aromatic heterocycles. The molecular formula is C21H34IN7O. The molecule has 1 fully saturated rings. The van der Waals surface area contributed by atoms with Crippen LogP contribution in [0.3, 0.4) is 0 Å². The maximum Gasteiger partial charge on any atom is 0.191 e. The predicted molar refractivity (Wildman–Crippen MR) is 131 cm³/mol. The molecule has 3 rings (SSSR count). The van der Waals surface area contributed by atoms with Crippen LogP contribution in [0.25, 0.3) is 11.4 Å². The molecule has 0 saturated carbocycles. The maximum absolute atomic E-state index is 5.93. The van der Waals surface area contributed by atoms with Crippen molar-refractivity contribution in [2.45, 2.75) is 33.4 Å². The van der Waals surface area contributed by atoms with Gasteiger partial charge in [0.05, 0.1) is 19.3 Å². The molecule has 0 aliphatic carbocycles. The molecule has 1 saturated heterocycles. The summed E-state index contributed by atoms with van der Waals surface area (Å²) in [6.45, 7) is 12.6. The molecule has 2 heterocycles. The molecule has 0 radical (unpaired) electrons. The van der Waals surface area contributed by atoms with E-state index in [1.54, 1.807) is 0 Å². The van der Waals surface area contributed by atoms with E-state index in [1.165, 1.54) is 6.33 Å². The zero-order chi connectivity index (χ0) is 20.5. The highest BCUT2D eigenvalue weighted by Gasteiger charge is 2.21. The fraction of sp³-hybridized carbons (Fsp3) is 0.571. The Balaban J connectivity index is 0.00000320. The largest absolute Gasteiger partial charge is 0.374 e. The molecule has 1 unspecified atom stereocenters. The van der Waals surface area contributed by atoms with Crippen molar-refractivity contribution in [3.8, 4) is 11.4 Å². The third-order valence-electron chi connectivity index (χ3n) is 4.72. The van der Waals surface area contributed by atoms with Gasteiger partial charge in [-0.05, 0) is 24.5 Å². The van der Waals surface area contributed by atoms with Gasteiger partial charge in [-0.2, -0.15) is 5.10 Å². The number of hydrogen-bond donors (Lipinski definition) is 3. The highest BCUT2D eigenvalue weighted by Crippen LogP contribution is 2.16. The molecule has 1 atom stereocenters. The first-order valence-corrected chi connectivity index (χ1v) is 10.4. The molecular weight excluding hydrogens is 493 g/mol. The van der Waals surface area contributed by atoms with E-state index in [4.69, 9.17) is 9.73 Å². The normalized spacial score (nSPS) is 17.6. The van der Waals surface area contributed by atoms with Crippen LogP contribution in [-0.2, 0) is 11.3 Å². The number of guanidine groups is 1. The monoisotopic (exact) mass is 527 g/mol. The number of H-pyrrole nitrogens is 1. The zero-order valence-corrected chi connectivity index (χ0v) is 20.4. The van der Waals surface area contributed by atoms with Crippen LogP contribution in [0.5, 0.6) is 0 Å². The number of aliphatic imine (C=N–C) groups is 1. The Morgan fingerprint density at radius 3 is 2.97 bits per heavy atom. The van der Waals surface area contributed by atoms with Crippen LogP contribution in [0.1, 0.15) is 26.3 Å². The van der Waals surface area contributed by atoms with Crippen molar-refractivity contribution in [3.63, 3.8) is 0 Å². The lowest BCUT2D eigenvalue weighted by Gasteiger charge is -2.34. The van der Waals surface area contributed by atoms with Gasteiger partial charge < -0.3 is 15.4 Å². The van der Waals surface area contributed by atoms with Crippen LogP contribution in [0, 0.1) is 5.92 Å². The third-order valence-corrected chi connectivity index (χ3v) is 4.72. The molecule has 1 aliphatic rings. The smallest absolute Gasteiger partial charge is 0.191 e. The van der Waals surface area contributed by atoms with Crippen molar-refractivity contribution in [1.82, 2.24) is 30.7 Å². The average molecular weight is 527 g/mol. The summed E-state index contributed by atoms with van der Waals surface area (Å²) < 4.78 is 5.93. The standard InChI is InChI=1S/C21H33N7O.HI/c1-4-22-21(24-12-19-14-28(8-9-29-19)13-16(2)3)23-11-17-6-5-7-18(10-17)20-25-15-26-27-20;/h5-7,10,15-16,19H,4,8-9,11-14H2,1-3H3,(H2,22,23,24)(H,25,26,27);1H. The maximum atomic E-state index is 5.93. The van der Waals surface area contributed by atoms with Gasteiger partial charge in [-0.15, -0.1) is 24.0 Å². The number of aromatic nitrogens is 3. The molecule has 0 spiro atoms. The Labute approximate surface area is 196 Å². The summed E-state index contributed by atoms with van der Waals surface area (Å²) in [7, 11) is 0. The lowest BCUT2D eigenvalue weighted by Crippen LogP contribution is -2.50. The van der Waals surface area contributed by atoms with Gasteiger partial charge in [0.25, 0.3) is 0 Å². The van der Waals surface area contributed by atoms with Crippen LogP contribution in [0.2, 0.25) is 0 Å². The molecule has 3 N–H and O–H groups in total. The summed E-state index contributed by atoms with van der Waals surface area (Å²) in [6.07, 6.45) is 1.70. The summed E-state index contributed by atoms with van der Waals surface area (Å²) in [5.41, 5.74) is 2.13. The second kappa shape index (κ2) is 12.9. The van der Waals surface area contributed by atoms with Crippen LogP contribution in [0.15, 0.2) is 35.6 Å². The number of nitrogens with zero attached hydrogens (tertiary/aromatic N) is 4. The summed E-state index contributed by atoms with van der Waals surface area (Å²) >= 11 is 0. The Morgan fingerprint density at radius 1 is 1.37 bits per heavy atom. The Kier molecular flexibility index (Phi) is 10.5. The van der Waals surface area contributed by atoms with Crippen LogP contribution in [-0.4, -0.2) is 71.5 Å². The van der Waals surface area contributed by atoms with E-state index in [1.807, 2.05) is 12.1 Å². The van der Waals surface area contributed by atoms with Crippen LogP contribution in [0.4, 0.5) is 0 Å². The average Bonchev–Trinajstić information content (AvgIpc) is 3.25. The molecule has 0 amide bonds. The summed E-state index contributed by atoms with van der Waals surface area (Å²) in [5.74, 6) is 2.25. The second-order valence-electron chi connectivity index (χ2n) is 7.76. The van der Waals surface area contributed by atoms with Crippen molar-refractivity contribution < 1.29 is 4.74 Å². The highest BCUT2D eigenvalue weighted by atomic mass is 127. The summed E-state index contributed by atoms with van der Waals surface area (Å²) in [4.78, 5) is 11.4. The van der Waals surface area contributed by atoms with Gasteiger partial charge >= 0.3 is 0 Å². The fourth-order valence-electron chi connectivity index (χ4n) is 3.47. The lowest BCUT2D eigenvalue weighted by molar-refractivity contribution is -0.0284. The van der Waals surface area contributed by atoms with Crippen LogP contribution < -0.4 is 10.6 Å². The topological polar surface area (TPSA) is 90.5 Å². The minimum atomic E-state index is 0. The number of morpholine rings is 1. The van der Waals surface area contributed by atoms with Crippen LogP contribution >= 0.6 is 24.0 Å². The van der Waals surface area contributed by atoms with E-state index < -0.39 is 0 Å². The Bertz CT molecular complexity index is 766. The number of halogens is 1. The number of benzene rings is 1. The van der Waals surface area contributed by atoms with Crippen molar-refractivity contribution >= 4 is 29.9 Å². The van der Waals surface area contributed by atoms with Crippen molar-refractivity contribution in [3.05, 3.63) is 36.2 Å². The Morgan fingerprint density at radius 2 is 2.23 bits per heavy atom. The third kappa shape index (κ3) is 7.84. The van der Waals surface area contributed by atoms with Crippen molar-refractivity contribution in [2.24, 2.45) is 10.9 Å².